The summed E-state index contributed by atoms with van der Waals surface area (Å²) in [7, 11) is 2.01. The molecule has 3 rings (SSSR count). The highest BCUT2D eigenvalue weighted by Gasteiger charge is 2.43. The summed E-state index contributed by atoms with van der Waals surface area (Å²) in [4.78, 5) is 30.5. The van der Waals surface area contributed by atoms with E-state index < -0.39 is 11.8 Å². The molecule has 1 aromatic carbocycles. The molecule has 0 bridgehead atoms. The van der Waals surface area contributed by atoms with Gasteiger partial charge in [-0.1, -0.05) is 40.9 Å². The van der Waals surface area contributed by atoms with Crippen molar-refractivity contribution < 1.29 is 9.59 Å². The van der Waals surface area contributed by atoms with Crippen LogP contribution in [0.4, 0.5) is 5.69 Å². The molecule has 5 nitrogen and oxygen atoms in total. The molecule has 0 saturated carbocycles. The summed E-state index contributed by atoms with van der Waals surface area (Å²) >= 11 is 18.7. The zero-order valence-electron chi connectivity index (χ0n) is 13.3. The fraction of sp³-hybridized carbons (Fsp3) is 0.375. The van der Waals surface area contributed by atoms with E-state index in [2.05, 4.69) is 4.90 Å². The second-order valence-electron chi connectivity index (χ2n) is 5.93. The van der Waals surface area contributed by atoms with E-state index >= 15 is 0 Å². The van der Waals surface area contributed by atoms with Crippen LogP contribution in [0, 0.1) is 6.92 Å². The molecular formula is C16H16Cl3N3O2. The number of imide groups is 1. The molecule has 2 aliphatic rings. The van der Waals surface area contributed by atoms with Crippen LogP contribution in [-0.2, 0) is 9.59 Å². The van der Waals surface area contributed by atoms with Gasteiger partial charge in [0.15, 0.2) is 0 Å². The van der Waals surface area contributed by atoms with Gasteiger partial charge in [-0.3, -0.25) is 9.59 Å². The first-order valence-electron chi connectivity index (χ1n) is 7.49. The average molecular weight is 389 g/mol. The van der Waals surface area contributed by atoms with Gasteiger partial charge in [0.25, 0.3) is 11.8 Å². The van der Waals surface area contributed by atoms with Crippen molar-refractivity contribution in [3.8, 4) is 0 Å². The number of hydrogen-bond acceptors (Lipinski definition) is 4. The van der Waals surface area contributed by atoms with E-state index in [1.807, 2.05) is 11.9 Å². The number of likely N-dealkylation sites (N-methyl/N-ethyl adjacent to an activating group) is 1. The Labute approximate surface area is 155 Å². The number of carbonyl (C=O) groups excluding carboxylic acids is 2. The first-order valence-corrected chi connectivity index (χ1v) is 8.63. The predicted octanol–water partition coefficient (Wildman–Crippen LogP) is 2.87. The molecule has 128 valence electrons. The molecule has 0 unspecified atom stereocenters. The van der Waals surface area contributed by atoms with Crippen LogP contribution in [-0.4, -0.2) is 54.8 Å². The summed E-state index contributed by atoms with van der Waals surface area (Å²) in [5, 5.41) is 0.419. The third kappa shape index (κ3) is 2.80. The number of carbonyl (C=O) groups is 2. The van der Waals surface area contributed by atoms with Crippen molar-refractivity contribution >= 4 is 52.3 Å². The van der Waals surface area contributed by atoms with Crippen molar-refractivity contribution in [1.29, 1.82) is 0 Å². The lowest BCUT2D eigenvalue weighted by molar-refractivity contribution is -0.121. The van der Waals surface area contributed by atoms with Crippen LogP contribution in [0.15, 0.2) is 22.9 Å². The summed E-state index contributed by atoms with van der Waals surface area (Å²) in [5.74, 6) is -1.08. The monoisotopic (exact) mass is 387 g/mol. The maximum absolute atomic E-state index is 12.9. The Morgan fingerprint density at radius 3 is 2.21 bits per heavy atom. The number of amides is 2. The van der Waals surface area contributed by atoms with Crippen molar-refractivity contribution in [1.82, 2.24) is 9.80 Å². The van der Waals surface area contributed by atoms with E-state index in [4.69, 9.17) is 34.8 Å². The third-order valence-electron chi connectivity index (χ3n) is 4.31. The van der Waals surface area contributed by atoms with Gasteiger partial charge in [0.1, 0.15) is 10.7 Å². The van der Waals surface area contributed by atoms with Gasteiger partial charge in [-0.05, 0) is 25.6 Å². The Morgan fingerprint density at radius 1 is 0.958 bits per heavy atom. The van der Waals surface area contributed by atoms with Crippen LogP contribution >= 0.6 is 34.8 Å². The highest BCUT2D eigenvalue weighted by molar-refractivity contribution is 6.54. The third-order valence-corrected chi connectivity index (χ3v) is 5.43. The Balaban J connectivity index is 1.99. The van der Waals surface area contributed by atoms with Crippen molar-refractivity contribution in [2.24, 2.45) is 0 Å². The number of nitrogens with zero attached hydrogens (tertiary/aromatic N) is 3. The van der Waals surface area contributed by atoms with Gasteiger partial charge in [-0.25, -0.2) is 4.90 Å². The predicted molar refractivity (Wildman–Crippen MR) is 95.6 cm³/mol. The SMILES string of the molecule is Cc1ccc(Cl)c(N2C(=O)C(Cl)=C(N3CCN(C)CC3)C2=O)c1Cl. The van der Waals surface area contributed by atoms with Crippen LogP contribution in [0.2, 0.25) is 10.0 Å². The first kappa shape index (κ1) is 17.5. The number of anilines is 1. The molecular weight excluding hydrogens is 373 g/mol. The van der Waals surface area contributed by atoms with E-state index in [9.17, 15) is 9.59 Å². The minimum atomic E-state index is -0.593. The minimum Gasteiger partial charge on any atom is -0.363 e. The number of halogens is 3. The summed E-state index contributed by atoms with van der Waals surface area (Å²) < 4.78 is 0. The van der Waals surface area contributed by atoms with Crippen LogP contribution in [0.1, 0.15) is 5.56 Å². The molecule has 1 fully saturated rings. The van der Waals surface area contributed by atoms with E-state index in [0.29, 0.717) is 13.1 Å². The molecule has 24 heavy (non-hydrogen) atoms. The van der Waals surface area contributed by atoms with Crippen molar-refractivity contribution in [3.63, 3.8) is 0 Å². The molecule has 1 saturated heterocycles. The molecule has 0 aliphatic carbocycles. The molecule has 2 aliphatic heterocycles. The smallest absolute Gasteiger partial charge is 0.283 e. The van der Waals surface area contributed by atoms with Gasteiger partial charge in [-0.2, -0.15) is 0 Å². The minimum absolute atomic E-state index is 0.0850. The Hall–Kier alpha value is -1.27. The molecule has 0 spiro atoms. The maximum atomic E-state index is 12.9. The first-order chi connectivity index (χ1) is 11.3. The van der Waals surface area contributed by atoms with Gasteiger partial charge in [0, 0.05) is 26.2 Å². The second-order valence-corrected chi connectivity index (χ2v) is 7.09. The largest absolute Gasteiger partial charge is 0.363 e. The van der Waals surface area contributed by atoms with Crippen molar-refractivity contribution in [3.05, 3.63) is 38.5 Å². The van der Waals surface area contributed by atoms with Gasteiger partial charge >= 0.3 is 0 Å². The number of piperazine rings is 1. The van der Waals surface area contributed by atoms with Crippen LogP contribution < -0.4 is 4.90 Å². The summed E-state index contributed by atoms with van der Waals surface area (Å²) in [5.41, 5.74) is 1.14. The lowest BCUT2D eigenvalue weighted by Gasteiger charge is -2.34. The number of hydrogen-bond donors (Lipinski definition) is 0. The fourth-order valence-electron chi connectivity index (χ4n) is 2.85. The molecule has 1 aromatic rings. The molecule has 2 amide bonds. The van der Waals surface area contributed by atoms with Crippen molar-refractivity contribution in [2.45, 2.75) is 6.92 Å². The zero-order valence-corrected chi connectivity index (χ0v) is 15.5. The fourth-order valence-corrected chi connectivity index (χ4v) is 3.67. The molecule has 0 aromatic heterocycles. The number of benzene rings is 1. The lowest BCUT2D eigenvalue weighted by atomic mass is 10.2. The van der Waals surface area contributed by atoms with Crippen LogP contribution in [0.25, 0.3) is 0 Å². The number of rotatable bonds is 2. The normalized spacial score (nSPS) is 19.7. The second kappa shape index (κ2) is 6.56. The summed E-state index contributed by atoms with van der Waals surface area (Å²) in [6.45, 7) is 4.63. The van der Waals surface area contributed by atoms with E-state index in [1.165, 1.54) is 0 Å². The average Bonchev–Trinajstić information content (AvgIpc) is 2.76. The Kier molecular flexibility index (Phi) is 4.80. The highest BCUT2D eigenvalue weighted by Crippen LogP contribution is 2.41. The van der Waals surface area contributed by atoms with Crippen LogP contribution in [0.5, 0.6) is 0 Å². The maximum Gasteiger partial charge on any atom is 0.283 e. The summed E-state index contributed by atoms with van der Waals surface area (Å²) in [6, 6.07) is 3.34. The van der Waals surface area contributed by atoms with Gasteiger partial charge in [-0.15, -0.1) is 0 Å². The molecule has 0 N–H and O–H groups in total. The molecule has 8 heteroatoms. The number of aryl methyl sites for hydroxylation is 1. The van der Waals surface area contributed by atoms with E-state index in [-0.39, 0.29) is 26.5 Å². The van der Waals surface area contributed by atoms with E-state index in [0.717, 1.165) is 23.6 Å². The Morgan fingerprint density at radius 2 is 1.58 bits per heavy atom. The topological polar surface area (TPSA) is 43.9 Å². The van der Waals surface area contributed by atoms with Crippen LogP contribution in [0.3, 0.4) is 0 Å². The standard InChI is InChI=1S/C16H16Cl3N3O2/c1-9-3-4-10(17)13(11(9)18)22-15(23)12(19)14(16(22)24)21-7-5-20(2)6-8-21/h3-4H,5-8H2,1-2H3. The zero-order chi connectivity index (χ0) is 17.6. The molecule has 0 radical (unpaired) electrons. The van der Waals surface area contributed by atoms with Crippen molar-refractivity contribution in [2.75, 3.05) is 38.1 Å². The quantitative estimate of drug-likeness (QED) is 0.731. The van der Waals surface area contributed by atoms with E-state index in [1.54, 1.807) is 19.1 Å². The van der Waals surface area contributed by atoms with Gasteiger partial charge in [0.05, 0.1) is 15.7 Å². The summed E-state index contributed by atoms with van der Waals surface area (Å²) in [6.07, 6.45) is 0. The van der Waals surface area contributed by atoms with Gasteiger partial charge in [0.2, 0.25) is 0 Å². The lowest BCUT2D eigenvalue weighted by Crippen LogP contribution is -2.46. The Bertz CT molecular complexity index is 755. The van der Waals surface area contributed by atoms with Gasteiger partial charge < -0.3 is 9.80 Å². The molecule has 0 atom stereocenters. The molecule has 2 heterocycles. The highest BCUT2D eigenvalue weighted by atomic mass is 35.5.